The number of unbranched alkanes of at least 4 members (excludes halogenated alkanes) is 1. The van der Waals surface area contributed by atoms with Crippen molar-refractivity contribution < 1.29 is 18.7 Å². The highest BCUT2D eigenvalue weighted by atomic mass is 16.5. The van der Waals surface area contributed by atoms with E-state index < -0.39 is 5.54 Å². The van der Waals surface area contributed by atoms with Crippen LogP contribution >= 0.6 is 0 Å². The molecule has 0 saturated carbocycles. The summed E-state index contributed by atoms with van der Waals surface area (Å²) in [6.45, 7) is 9.74. The highest BCUT2D eigenvalue weighted by Crippen LogP contribution is 2.19. The Kier molecular flexibility index (Phi) is 7.90. The molecule has 0 aromatic carbocycles. The van der Waals surface area contributed by atoms with Crippen molar-refractivity contribution >= 4 is 11.8 Å². The van der Waals surface area contributed by atoms with E-state index in [4.69, 9.17) is 9.15 Å². The lowest BCUT2D eigenvalue weighted by Crippen LogP contribution is -2.51. The Morgan fingerprint density at radius 3 is 2.59 bits per heavy atom. The number of amides is 2. The molecular formula is C21H34N2O4. The fourth-order valence-corrected chi connectivity index (χ4v) is 3.28. The van der Waals surface area contributed by atoms with Gasteiger partial charge in [0.1, 0.15) is 12.3 Å². The third-order valence-corrected chi connectivity index (χ3v) is 4.88. The quantitative estimate of drug-likeness (QED) is 0.659. The minimum Gasteiger partial charge on any atom is -0.467 e. The molecule has 1 atom stereocenters. The second-order valence-electron chi connectivity index (χ2n) is 8.24. The van der Waals surface area contributed by atoms with Gasteiger partial charge in [-0.3, -0.25) is 9.59 Å². The molecule has 0 radical (unpaired) electrons. The second-order valence-corrected chi connectivity index (χ2v) is 8.24. The zero-order valence-corrected chi connectivity index (χ0v) is 17.2. The highest BCUT2D eigenvalue weighted by molar-refractivity contribution is 5.85. The SMILES string of the molecule is CCCCC(=O)N(CC(=O)N(Cc1ccco1)C[C@H]1CCCO1)C(C)(C)C. The lowest BCUT2D eigenvalue weighted by molar-refractivity contribution is -0.146. The van der Waals surface area contributed by atoms with Crippen molar-refractivity contribution in [2.45, 2.75) is 78.0 Å². The fourth-order valence-electron chi connectivity index (χ4n) is 3.28. The van der Waals surface area contributed by atoms with Gasteiger partial charge in [-0.05, 0) is 52.2 Å². The van der Waals surface area contributed by atoms with Crippen molar-refractivity contribution in [3.63, 3.8) is 0 Å². The molecule has 0 bridgehead atoms. The Bertz CT molecular complexity index is 586. The van der Waals surface area contributed by atoms with Gasteiger partial charge in [-0.1, -0.05) is 13.3 Å². The summed E-state index contributed by atoms with van der Waals surface area (Å²) >= 11 is 0. The second kappa shape index (κ2) is 9.93. The standard InChI is InChI=1S/C21H34N2O4/c1-5-6-11-19(24)23(21(2,3)4)16-20(25)22(14-17-9-7-12-26-17)15-18-10-8-13-27-18/h7,9,12,18H,5-6,8,10-11,13-16H2,1-4H3/t18-/m1/s1. The zero-order valence-electron chi connectivity index (χ0n) is 17.2. The number of carbonyl (C=O) groups excluding carboxylic acids is 2. The molecule has 0 N–H and O–H groups in total. The maximum absolute atomic E-state index is 13.1. The number of hydrogen-bond donors (Lipinski definition) is 0. The van der Waals surface area contributed by atoms with E-state index in [0.717, 1.165) is 38.1 Å². The molecule has 2 amide bonds. The van der Waals surface area contributed by atoms with Crippen LogP contribution in [0.5, 0.6) is 0 Å². The molecule has 0 spiro atoms. The first-order valence-corrected chi connectivity index (χ1v) is 10.0. The van der Waals surface area contributed by atoms with Crippen LogP contribution in [0.15, 0.2) is 22.8 Å². The van der Waals surface area contributed by atoms with E-state index in [1.165, 1.54) is 0 Å². The number of rotatable bonds is 9. The normalized spacial score (nSPS) is 17.1. The minimum atomic E-state index is -0.402. The summed E-state index contributed by atoms with van der Waals surface area (Å²) in [5, 5.41) is 0. The maximum Gasteiger partial charge on any atom is 0.242 e. The summed E-state index contributed by atoms with van der Waals surface area (Å²) in [6, 6.07) is 3.68. The van der Waals surface area contributed by atoms with Gasteiger partial charge in [0.05, 0.1) is 18.9 Å². The maximum atomic E-state index is 13.1. The Morgan fingerprint density at radius 1 is 1.26 bits per heavy atom. The number of nitrogens with zero attached hydrogens (tertiary/aromatic N) is 2. The summed E-state index contributed by atoms with van der Waals surface area (Å²) in [7, 11) is 0. The molecule has 1 aromatic rings. The first-order valence-electron chi connectivity index (χ1n) is 10.0. The van der Waals surface area contributed by atoms with Crippen LogP contribution in [0.4, 0.5) is 0 Å². The van der Waals surface area contributed by atoms with Crippen LogP contribution in [-0.2, 0) is 20.9 Å². The monoisotopic (exact) mass is 378 g/mol. The summed E-state index contributed by atoms with van der Waals surface area (Å²) in [4.78, 5) is 29.3. The number of hydrogen-bond acceptors (Lipinski definition) is 4. The third-order valence-electron chi connectivity index (χ3n) is 4.88. The fraction of sp³-hybridized carbons (Fsp3) is 0.714. The van der Waals surface area contributed by atoms with Gasteiger partial charge in [0.15, 0.2) is 0 Å². The Balaban J connectivity index is 2.09. The van der Waals surface area contributed by atoms with E-state index in [0.29, 0.717) is 19.5 Å². The molecule has 2 rings (SSSR count). The lowest BCUT2D eigenvalue weighted by Gasteiger charge is -2.37. The first kappa shape index (κ1) is 21.5. The molecule has 6 nitrogen and oxygen atoms in total. The zero-order chi connectivity index (χ0) is 19.9. The van der Waals surface area contributed by atoms with Crippen LogP contribution in [0.1, 0.15) is 65.6 Å². The van der Waals surface area contributed by atoms with Crippen LogP contribution in [0.25, 0.3) is 0 Å². The molecule has 2 heterocycles. The van der Waals surface area contributed by atoms with Gasteiger partial charge >= 0.3 is 0 Å². The minimum absolute atomic E-state index is 0.0350. The van der Waals surface area contributed by atoms with Gasteiger partial charge in [-0.15, -0.1) is 0 Å². The molecule has 1 aliphatic rings. The number of furan rings is 1. The van der Waals surface area contributed by atoms with Gasteiger partial charge < -0.3 is 19.0 Å². The highest BCUT2D eigenvalue weighted by Gasteiger charge is 2.31. The first-order chi connectivity index (χ1) is 12.8. The van der Waals surface area contributed by atoms with Crippen molar-refractivity contribution in [3.8, 4) is 0 Å². The van der Waals surface area contributed by atoms with Crippen LogP contribution in [0, 0.1) is 0 Å². The predicted molar refractivity (Wildman–Crippen MR) is 104 cm³/mol. The molecule has 152 valence electrons. The Morgan fingerprint density at radius 2 is 2.04 bits per heavy atom. The largest absolute Gasteiger partial charge is 0.467 e. The van der Waals surface area contributed by atoms with E-state index >= 15 is 0 Å². The van der Waals surface area contributed by atoms with Crippen molar-refractivity contribution in [2.24, 2.45) is 0 Å². The van der Waals surface area contributed by atoms with E-state index in [2.05, 4.69) is 6.92 Å². The molecule has 0 aliphatic carbocycles. The molecule has 1 aliphatic heterocycles. The van der Waals surface area contributed by atoms with Gasteiger partial charge in [-0.25, -0.2) is 0 Å². The Hall–Kier alpha value is -1.82. The molecule has 1 aromatic heterocycles. The summed E-state index contributed by atoms with van der Waals surface area (Å²) in [5.74, 6) is 0.704. The average Bonchev–Trinajstić information content (AvgIpc) is 3.29. The predicted octanol–water partition coefficient (Wildman–Crippen LogP) is 3.60. The molecule has 1 fully saturated rings. The Labute approximate surface area is 162 Å². The number of ether oxygens (including phenoxy) is 1. The molecule has 6 heteroatoms. The van der Waals surface area contributed by atoms with Crippen LogP contribution in [0.3, 0.4) is 0 Å². The van der Waals surface area contributed by atoms with Gasteiger partial charge in [0.2, 0.25) is 11.8 Å². The van der Waals surface area contributed by atoms with Crippen LogP contribution < -0.4 is 0 Å². The summed E-state index contributed by atoms with van der Waals surface area (Å²) in [5.41, 5.74) is -0.402. The van der Waals surface area contributed by atoms with E-state index in [1.807, 2.05) is 32.9 Å². The van der Waals surface area contributed by atoms with Crippen molar-refractivity contribution in [1.82, 2.24) is 9.80 Å². The van der Waals surface area contributed by atoms with E-state index in [1.54, 1.807) is 16.1 Å². The van der Waals surface area contributed by atoms with E-state index in [-0.39, 0.29) is 24.5 Å². The summed E-state index contributed by atoms with van der Waals surface area (Å²) < 4.78 is 11.2. The van der Waals surface area contributed by atoms with Gasteiger partial charge in [-0.2, -0.15) is 0 Å². The third kappa shape index (κ3) is 6.69. The topological polar surface area (TPSA) is 63.0 Å². The smallest absolute Gasteiger partial charge is 0.242 e. The van der Waals surface area contributed by atoms with Gasteiger partial charge in [0, 0.05) is 25.1 Å². The van der Waals surface area contributed by atoms with Crippen LogP contribution in [-0.4, -0.2) is 53.0 Å². The van der Waals surface area contributed by atoms with Crippen molar-refractivity contribution in [3.05, 3.63) is 24.2 Å². The molecular weight excluding hydrogens is 344 g/mol. The van der Waals surface area contributed by atoms with Crippen molar-refractivity contribution in [1.29, 1.82) is 0 Å². The van der Waals surface area contributed by atoms with Gasteiger partial charge in [0.25, 0.3) is 0 Å². The van der Waals surface area contributed by atoms with Crippen LogP contribution in [0.2, 0.25) is 0 Å². The lowest BCUT2D eigenvalue weighted by atomic mass is 10.0. The number of carbonyl (C=O) groups is 2. The molecule has 27 heavy (non-hydrogen) atoms. The molecule has 1 saturated heterocycles. The van der Waals surface area contributed by atoms with Crippen molar-refractivity contribution in [2.75, 3.05) is 19.7 Å². The van der Waals surface area contributed by atoms with E-state index in [9.17, 15) is 9.59 Å². The molecule has 0 unspecified atom stereocenters. The summed E-state index contributed by atoms with van der Waals surface area (Å²) in [6.07, 6.45) is 5.93. The average molecular weight is 379 g/mol.